The molecule has 0 aromatic heterocycles. The minimum absolute atomic E-state index is 0. The van der Waals surface area contributed by atoms with Gasteiger partial charge in [0.05, 0.1) is 0 Å². The number of hydrogen-bond acceptors (Lipinski definition) is 2. The van der Waals surface area contributed by atoms with E-state index < -0.39 is 0 Å². The topological polar surface area (TPSA) is 37.3 Å². The molecule has 0 spiro atoms. The van der Waals surface area contributed by atoms with Crippen LogP contribution < -0.4 is 0 Å². The second kappa shape index (κ2) is 5.90. The molecule has 0 saturated carbocycles. The molecule has 0 aromatic carbocycles. The van der Waals surface area contributed by atoms with Gasteiger partial charge in [0.2, 0.25) is 0 Å². The fraction of sp³-hybridized carbons (Fsp3) is 0.800. The number of aliphatic hydroxyl groups is 1. The molecule has 10 heavy (non-hydrogen) atoms. The minimum atomic E-state index is -0.105. The van der Waals surface area contributed by atoms with Crippen molar-refractivity contribution in [2.75, 3.05) is 27.2 Å². The van der Waals surface area contributed by atoms with Crippen LogP contribution in [0.4, 0.5) is 0 Å². The molecule has 5 heteroatoms. The van der Waals surface area contributed by atoms with Gasteiger partial charge in [-0.05, 0) is 0 Å². The molecule has 0 aliphatic rings. The summed E-state index contributed by atoms with van der Waals surface area (Å²) in [6.07, 6.45) is 0. The zero-order valence-corrected chi connectivity index (χ0v) is 8.06. The van der Waals surface area contributed by atoms with Gasteiger partial charge >= 0.3 is 66.0 Å². The quantitative estimate of drug-likeness (QED) is 0.362. The monoisotopic (exact) mass is 176 g/mol. The molecular formula is C5H11NO2PSi+5. The van der Waals surface area contributed by atoms with Gasteiger partial charge in [-0.3, -0.25) is 0 Å². The van der Waals surface area contributed by atoms with E-state index in [0.717, 1.165) is 0 Å². The summed E-state index contributed by atoms with van der Waals surface area (Å²) in [6.45, 7) is 0.644. The zero-order chi connectivity index (χ0) is 7.33. The predicted octanol–water partition coefficient (Wildman–Crippen LogP) is -0.117. The standard InChI is InChI=1S/C5H11NO2P.Si/c1-6(2,3-4-7)5-9-8;/h7H,3-4H2,1-2H3;/q+1;+4. The van der Waals surface area contributed by atoms with E-state index in [1.54, 1.807) is 0 Å². The summed E-state index contributed by atoms with van der Waals surface area (Å²) in [5.41, 5.74) is 0. The van der Waals surface area contributed by atoms with E-state index in [-0.39, 0.29) is 25.5 Å². The molecule has 0 aromatic rings. The number of aliphatic hydroxyl groups excluding tert-OH is 1. The van der Waals surface area contributed by atoms with Crippen molar-refractivity contribution in [3.05, 3.63) is 0 Å². The van der Waals surface area contributed by atoms with E-state index in [9.17, 15) is 4.57 Å². The molecule has 0 heterocycles. The fourth-order valence-electron chi connectivity index (χ4n) is 0.411. The molecule has 0 atom stereocenters. The van der Waals surface area contributed by atoms with Crippen LogP contribution in [-0.2, 0) is 4.57 Å². The smallest absolute Gasteiger partial charge is 4.00 e. The molecule has 0 unspecified atom stereocenters. The third-order valence-corrected chi connectivity index (χ3v) is 1.59. The molecule has 0 aliphatic heterocycles. The Labute approximate surface area is 66.8 Å². The molecule has 52 valence electrons. The molecule has 1 N–H and O–H groups in total. The van der Waals surface area contributed by atoms with Crippen LogP contribution in [0.3, 0.4) is 0 Å². The Morgan fingerprint density at radius 2 is 2.10 bits per heavy atom. The number of rotatable bonds is 2. The number of nitrogens with zero attached hydrogens (tertiary/aromatic N) is 1. The Bertz CT molecular complexity index is 175. The average molecular weight is 176 g/mol. The first-order chi connectivity index (χ1) is 4.12. The van der Waals surface area contributed by atoms with Crippen molar-refractivity contribution in [1.82, 2.24) is 0 Å². The number of hydrogen-bond donors (Lipinski definition) is 1. The third-order valence-electron chi connectivity index (χ3n) is 0.971. The van der Waals surface area contributed by atoms with E-state index in [2.05, 4.69) is 5.75 Å². The van der Waals surface area contributed by atoms with Gasteiger partial charge in [-0.25, -0.2) is 0 Å². The van der Waals surface area contributed by atoms with Crippen LogP contribution in [0.25, 0.3) is 0 Å². The Balaban J connectivity index is 0. The first kappa shape index (κ1) is 12.8. The van der Waals surface area contributed by atoms with Gasteiger partial charge in [0.25, 0.3) is 0 Å². The van der Waals surface area contributed by atoms with Crippen LogP contribution in [0.15, 0.2) is 0 Å². The van der Waals surface area contributed by atoms with Crippen LogP contribution in [0.1, 0.15) is 0 Å². The maximum Gasteiger partial charge on any atom is 4.00 e. The third kappa shape index (κ3) is 6.27. The van der Waals surface area contributed by atoms with E-state index in [1.165, 1.54) is 0 Å². The van der Waals surface area contributed by atoms with Gasteiger partial charge in [-0.2, -0.15) is 0 Å². The fourth-order valence-corrected chi connectivity index (χ4v) is 0.732. The Morgan fingerprint density at radius 3 is 2.40 bits per heavy atom. The SMILES string of the molecule is C[N+](C)(C#P=O)CCO.[Si+4]. The maximum absolute atomic E-state index is 9.98. The summed E-state index contributed by atoms with van der Waals surface area (Å²) < 4.78 is 10.3. The Morgan fingerprint density at radius 1 is 1.60 bits per heavy atom. The van der Waals surface area contributed by atoms with Crippen molar-refractivity contribution in [2.24, 2.45) is 0 Å². The maximum atomic E-state index is 9.98. The summed E-state index contributed by atoms with van der Waals surface area (Å²) in [4.78, 5) is 0. The summed E-state index contributed by atoms with van der Waals surface area (Å²) in [5.74, 6) is 2.62. The molecule has 0 rings (SSSR count). The van der Waals surface area contributed by atoms with Crippen molar-refractivity contribution in [3.63, 3.8) is 0 Å². The van der Waals surface area contributed by atoms with Crippen LogP contribution >= 0.6 is 7.92 Å². The molecule has 0 bridgehead atoms. The van der Waals surface area contributed by atoms with Crippen molar-refractivity contribution in [2.45, 2.75) is 0 Å². The molecule has 0 fully saturated rings. The number of quaternary nitrogens is 1. The van der Waals surface area contributed by atoms with Crippen LogP contribution in [-0.4, -0.2) is 47.8 Å². The normalized spacial score (nSPS) is 9.50. The van der Waals surface area contributed by atoms with Gasteiger partial charge in [-0.15, -0.1) is 0 Å². The molecule has 0 radical (unpaired) electrons. The Kier molecular flexibility index (Phi) is 7.54. The van der Waals surface area contributed by atoms with Crippen molar-refractivity contribution < 1.29 is 14.2 Å². The van der Waals surface area contributed by atoms with Crippen molar-refractivity contribution in [1.29, 1.82) is 0 Å². The van der Waals surface area contributed by atoms with E-state index >= 15 is 0 Å². The van der Waals surface area contributed by atoms with Gasteiger partial charge in [0.15, 0.2) is 0 Å². The summed E-state index contributed by atoms with van der Waals surface area (Å²) >= 11 is 0. The number of likely N-dealkylation sites (N-methyl/N-ethyl adjacent to an activating group) is 1. The summed E-state index contributed by atoms with van der Waals surface area (Å²) in [7, 11) is 3.54. The molecular weight excluding hydrogens is 165 g/mol. The van der Waals surface area contributed by atoms with Crippen molar-refractivity contribution in [3.8, 4) is 5.75 Å². The van der Waals surface area contributed by atoms with E-state index in [0.29, 0.717) is 11.0 Å². The van der Waals surface area contributed by atoms with Gasteiger partial charge in [-0.1, -0.05) is 0 Å². The zero-order valence-electron chi connectivity index (χ0n) is 6.16. The Hall–Kier alpha value is 0.147. The van der Waals surface area contributed by atoms with Crippen LogP contribution in [0.2, 0.25) is 0 Å². The van der Waals surface area contributed by atoms with Gasteiger partial charge < -0.3 is 0 Å². The second-order valence-corrected chi connectivity index (χ2v) is 2.71. The van der Waals surface area contributed by atoms with E-state index in [4.69, 9.17) is 5.11 Å². The molecule has 3 nitrogen and oxygen atoms in total. The van der Waals surface area contributed by atoms with E-state index in [1.807, 2.05) is 14.1 Å². The molecule has 0 aliphatic carbocycles. The largest absolute Gasteiger partial charge is 4.00 e. The summed E-state index contributed by atoms with van der Waals surface area (Å²) in [6, 6.07) is 0. The minimum Gasteiger partial charge on any atom is 4.00 e. The van der Waals surface area contributed by atoms with Gasteiger partial charge in [0, 0.05) is 0 Å². The summed E-state index contributed by atoms with van der Waals surface area (Å²) in [5, 5.41) is 8.47. The first-order valence-electron chi connectivity index (χ1n) is 2.66. The van der Waals surface area contributed by atoms with Crippen molar-refractivity contribution >= 4 is 18.9 Å². The van der Waals surface area contributed by atoms with Crippen LogP contribution in [0, 0.1) is 5.75 Å². The van der Waals surface area contributed by atoms with Crippen LogP contribution in [0.5, 0.6) is 0 Å². The molecule has 0 saturated heterocycles. The first-order valence-corrected chi connectivity index (χ1v) is 3.47. The average Bonchev–Trinajstić information content (AvgIpc) is 1.64. The predicted molar refractivity (Wildman–Crippen MR) is 41.3 cm³/mol. The van der Waals surface area contributed by atoms with Gasteiger partial charge in [0.1, 0.15) is 0 Å². The molecule has 0 amide bonds. The second-order valence-electron chi connectivity index (χ2n) is 2.32.